The maximum atomic E-state index is 4.45. The van der Waals surface area contributed by atoms with Crippen LogP contribution in [0.15, 0.2) is 36.9 Å². The van der Waals surface area contributed by atoms with E-state index in [9.17, 15) is 0 Å². The van der Waals surface area contributed by atoms with Crippen LogP contribution in [0.3, 0.4) is 0 Å². The number of allylic oxidation sites excluding steroid dienone is 1. The van der Waals surface area contributed by atoms with E-state index in [2.05, 4.69) is 16.5 Å². The lowest BCUT2D eigenvalue weighted by Crippen LogP contribution is -1.84. The predicted octanol–water partition coefficient (Wildman–Crippen LogP) is 2.68. The zero-order chi connectivity index (χ0) is 9.10. The lowest BCUT2D eigenvalue weighted by Gasteiger charge is -1.88. The van der Waals surface area contributed by atoms with Gasteiger partial charge in [-0.1, -0.05) is 18.2 Å². The molecule has 2 heteroatoms. The number of fused-ring (bicyclic) bond motifs is 1. The number of aryl methyl sites for hydroxylation is 1. The molecule has 0 aliphatic rings. The Morgan fingerprint density at radius 1 is 1.38 bits per heavy atom. The van der Waals surface area contributed by atoms with Crippen molar-refractivity contribution in [3.05, 3.63) is 42.7 Å². The first-order valence-electron chi connectivity index (χ1n) is 4.44. The molecule has 0 aliphatic heterocycles. The zero-order valence-electron chi connectivity index (χ0n) is 7.46. The SMILES string of the molecule is C=CCCc1nc2ccccc2[nH]1. The van der Waals surface area contributed by atoms with Crippen LogP contribution >= 0.6 is 0 Å². The van der Waals surface area contributed by atoms with Gasteiger partial charge in [0.05, 0.1) is 11.0 Å². The second-order valence-electron chi connectivity index (χ2n) is 3.03. The number of nitrogens with one attached hydrogen (secondary N) is 1. The summed E-state index contributed by atoms with van der Waals surface area (Å²) in [4.78, 5) is 7.72. The molecule has 1 N–H and O–H groups in total. The first-order chi connectivity index (χ1) is 6.40. The summed E-state index contributed by atoms with van der Waals surface area (Å²) in [6.45, 7) is 3.69. The fourth-order valence-corrected chi connectivity index (χ4v) is 1.36. The fraction of sp³-hybridized carbons (Fsp3) is 0.182. The maximum Gasteiger partial charge on any atom is 0.107 e. The smallest absolute Gasteiger partial charge is 0.107 e. The summed E-state index contributed by atoms with van der Waals surface area (Å²) in [6, 6.07) is 8.07. The molecule has 2 rings (SSSR count). The number of rotatable bonds is 3. The molecular formula is C11H12N2. The van der Waals surface area contributed by atoms with Gasteiger partial charge in [0.25, 0.3) is 0 Å². The van der Waals surface area contributed by atoms with Crippen molar-refractivity contribution in [3.8, 4) is 0 Å². The minimum atomic E-state index is 0.943. The topological polar surface area (TPSA) is 28.7 Å². The highest BCUT2D eigenvalue weighted by atomic mass is 14.9. The zero-order valence-corrected chi connectivity index (χ0v) is 7.46. The normalized spacial score (nSPS) is 10.5. The molecule has 1 heterocycles. The average Bonchev–Trinajstić information content (AvgIpc) is 2.57. The Labute approximate surface area is 77.3 Å². The number of nitrogens with zero attached hydrogens (tertiary/aromatic N) is 1. The van der Waals surface area contributed by atoms with E-state index in [4.69, 9.17) is 0 Å². The van der Waals surface area contributed by atoms with Gasteiger partial charge in [-0.3, -0.25) is 0 Å². The Morgan fingerprint density at radius 2 is 2.23 bits per heavy atom. The Balaban J connectivity index is 2.32. The van der Waals surface area contributed by atoms with Crippen molar-refractivity contribution >= 4 is 11.0 Å². The van der Waals surface area contributed by atoms with Gasteiger partial charge in [-0.25, -0.2) is 4.98 Å². The number of aromatic amines is 1. The van der Waals surface area contributed by atoms with Crippen molar-refractivity contribution in [3.63, 3.8) is 0 Å². The number of hydrogen-bond acceptors (Lipinski definition) is 1. The molecule has 2 aromatic rings. The van der Waals surface area contributed by atoms with E-state index in [1.165, 1.54) is 0 Å². The largest absolute Gasteiger partial charge is 0.342 e. The molecule has 66 valence electrons. The fourth-order valence-electron chi connectivity index (χ4n) is 1.36. The van der Waals surface area contributed by atoms with Crippen LogP contribution in [-0.2, 0) is 6.42 Å². The molecule has 1 aromatic heterocycles. The molecule has 0 bridgehead atoms. The van der Waals surface area contributed by atoms with E-state index in [-0.39, 0.29) is 0 Å². The third-order valence-corrected chi connectivity index (χ3v) is 2.02. The Morgan fingerprint density at radius 3 is 3.00 bits per heavy atom. The summed E-state index contributed by atoms with van der Waals surface area (Å²) in [5, 5.41) is 0. The van der Waals surface area contributed by atoms with Crippen LogP contribution in [0.25, 0.3) is 11.0 Å². The molecule has 13 heavy (non-hydrogen) atoms. The Bertz CT molecular complexity index is 382. The minimum absolute atomic E-state index is 0.943. The van der Waals surface area contributed by atoms with E-state index < -0.39 is 0 Å². The van der Waals surface area contributed by atoms with E-state index in [0.29, 0.717) is 0 Å². The van der Waals surface area contributed by atoms with Crippen LogP contribution in [0.5, 0.6) is 0 Å². The van der Waals surface area contributed by atoms with E-state index >= 15 is 0 Å². The van der Waals surface area contributed by atoms with Crippen molar-refractivity contribution in [2.45, 2.75) is 12.8 Å². The summed E-state index contributed by atoms with van der Waals surface area (Å²) in [5.41, 5.74) is 2.16. The van der Waals surface area contributed by atoms with Gasteiger partial charge in [0.15, 0.2) is 0 Å². The molecule has 0 atom stereocenters. The third-order valence-electron chi connectivity index (χ3n) is 2.02. The number of H-pyrrole nitrogens is 1. The third kappa shape index (κ3) is 1.61. The number of hydrogen-bond donors (Lipinski definition) is 1. The predicted molar refractivity (Wildman–Crippen MR) is 54.6 cm³/mol. The molecule has 0 saturated carbocycles. The number of benzene rings is 1. The van der Waals surface area contributed by atoms with Crippen molar-refractivity contribution < 1.29 is 0 Å². The van der Waals surface area contributed by atoms with Crippen LogP contribution in [0.4, 0.5) is 0 Å². The monoisotopic (exact) mass is 172 g/mol. The lowest BCUT2D eigenvalue weighted by atomic mass is 10.3. The molecule has 0 aliphatic carbocycles. The van der Waals surface area contributed by atoms with Gasteiger partial charge in [0.2, 0.25) is 0 Å². The second kappa shape index (κ2) is 3.44. The maximum absolute atomic E-state index is 4.45. The highest BCUT2D eigenvalue weighted by Gasteiger charge is 1.99. The molecule has 0 amide bonds. The van der Waals surface area contributed by atoms with Gasteiger partial charge in [-0.15, -0.1) is 6.58 Å². The van der Waals surface area contributed by atoms with Crippen molar-refractivity contribution in [1.82, 2.24) is 9.97 Å². The number of imidazole rings is 1. The van der Waals surface area contributed by atoms with E-state index in [1.807, 2.05) is 30.3 Å². The average molecular weight is 172 g/mol. The van der Waals surface area contributed by atoms with Gasteiger partial charge in [0.1, 0.15) is 5.82 Å². The lowest BCUT2D eigenvalue weighted by molar-refractivity contribution is 0.918. The van der Waals surface area contributed by atoms with E-state index in [0.717, 1.165) is 29.7 Å². The minimum Gasteiger partial charge on any atom is -0.342 e. The molecule has 0 radical (unpaired) electrons. The first-order valence-corrected chi connectivity index (χ1v) is 4.44. The highest BCUT2D eigenvalue weighted by Crippen LogP contribution is 2.11. The van der Waals surface area contributed by atoms with Gasteiger partial charge in [-0.2, -0.15) is 0 Å². The summed E-state index contributed by atoms with van der Waals surface area (Å²) >= 11 is 0. The van der Waals surface area contributed by atoms with Crippen molar-refractivity contribution in [2.75, 3.05) is 0 Å². The molecule has 1 aromatic carbocycles. The quantitative estimate of drug-likeness (QED) is 0.708. The van der Waals surface area contributed by atoms with Crippen LogP contribution in [0, 0.1) is 0 Å². The van der Waals surface area contributed by atoms with Crippen LogP contribution in [-0.4, -0.2) is 9.97 Å². The van der Waals surface area contributed by atoms with Crippen LogP contribution < -0.4 is 0 Å². The van der Waals surface area contributed by atoms with Gasteiger partial charge in [-0.05, 0) is 18.6 Å². The summed E-state index contributed by atoms with van der Waals surface area (Å²) in [7, 11) is 0. The molecule has 0 spiro atoms. The van der Waals surface area contributed by atoms with Crippen molar-refractivity contribution in [1.29, 1.82) is 0 Å². The van der Waals surface area contributed by atoms with E-state index in [1.54, 1.807) is 0 Å². The Kier molecular flexibility index (Phi) is 2.13. The summed E-state index contributed by atoms with van der Waals surface area (Å²) in [5.74, 6) is 1.04. The highest BCUT2D eigenvalue weighted by molar-refractivity contribution is 5.74. The molecule has 0 fully saturated rings. The van der Waals surface area contributed by atoms with Crippen LogP contribution in [0.2, 0.25) is 0 Å². The van der Waals surface area contributed by atoms with Gasteiger partial charge < -0.3 is 4.98 Å². The summed E-state index contributed by atoms with van der Waals surface area (Å²) in [6.07, 6.45) is 3.82. The molecule has 0 unspecified atom stereocenters. The second-order valence-corrected chi connectivity index (χ2v) is 3.03. The first kappa shape index (κ1) is 8.05. The van der Waals surface area contributed by atoms with Crippen LogP contribution in [0.1, 0.15) is 12.2 Å². The van der Waals surface area contributed by atoms with Crippen molar-refractivity contribution in [2.24, 2.45) is 0 Å². The van der Waals surface area contributed by atoms with Gasteiger partial charge >= 0.3 is 0 Å². The standard InChI is InChI=1S/C11H12N2/c1-2-3-8-11-12-9-6-4-5-7-10(9)13-11/h2,4-7H,1,3,8H2,(H,12,13). The molecule has 0 saturated heterocycles. The molecule has 2 nitrogen and oxygen atoms in total. The Hall–Kier alpha value is -1.57. The summed E-state index contributed by atoms with van der Waals surface area (Å²) < 4.78 is 0. The van der Waals surface area contributed by atoms with Gasteiger partial charge in [0, 0.05) is 6.42 Å². The number of aromatic nitrogens is 2. The molecular weight excluding hydrogens is 160 g/mol. The number of para-hydroxylation sites is 2.